The van der Waals surface area contributed by atoms with Crippen LogP contribution in [0.3, 0.4) is 0 Å². The highest BCUT2D eigenvalue weighted by Gasteiger charge is 1.85. The van der Waals surface area contributed by atoms with E-state index >= 15 is 0 Å². The Morgan fingerprint density at radius 1 is 1.38 bits per heavy atom. The van der Waals surface area contributed by atoms with E-state index in [4.69, 9.17) is 11.6 Å². The van der Waals surface area contributed by atoms with Crippen LogP contribution in [-0.2, 0) is 0 Å². The highest BCUT2D eigenvalue weighted by atomic mass is 35.5. The predicted octanol–water partition coefficient (Wildman–Crippen LogP) is 2.03. The molecule has 0 aromatic carbocycles. The summed E-state index contributed by atoms with van der Waals surface area (Å²) in [5.41, 5.74) is 0. The summed E-state index contributed by atoms with van der Waals surface area (Å²) in [6.07, 6.45) is 2.61. The fourth-order valence-corrected chi connectivity index (χ4v) is 2.09. The third-order valence-corrected chi connectivity index (χ3v) is 3.21. The zero-order chi connectivity index (χ0) is 6.24. The minimum atomic E-state index is 0.343. The number of hydrogen-bond acceptors (Lipinski definition) is 0. The highest BCUT2D eigenvalue weighted by molar-refractivity contribution is 6.35. The van der Waals surface area contributed by atoms with E-state index in [1.165, 1.54) is 24.9 Å². The van der Waals surface area contributed by atoms with Crippen molar-refractivity contribution in [1.82, 2.24) is 0 Å². The summed E-state index contributed by atoms with van der Waals surface area (Å²) in [5.74, 6) is 0.859. The summed E-state index contributed by atoms with van der Waals surface area (Å²) in [7, 11) is 0.343. The molecule has 0 aliphatic heterocycles. The van der Waals surface area contributed by atoms with Crippen molar-refractivity contribution in [1.29, 1.82) is 0 Å². The molecular formula is C6H15ClSi. The highest BCUT2D eigenvalue weighted by Crippen LogP contribution is 1.97. The smallest absolute Gasteiger partial charge is 0.0223 e. The second-order valence-electron chi connectivity index (χ2n) is 2.10. The van der Waals surface area contributed by atoms with Crippen molar-refractivity contribution in [3.63, 3.8) is 0 Å². The topological polar surface area (TPSA) is 0 Å². The SMILES string of the molecule is CC[SiH2]CCCCCl. The molecule has 0 aromatic heterocycles. The molecule has 0 unspecified atom stereocenters. The molecule has 2 heteroatoms. The third kappa shape index (κ3) is 6.51. The zero-order valence-corrected chi connectivity index (χ0v) is 7.79. The van der Waals surface area contributed by atoms with Crippen molar-refractivity contribution >= 4 is 21.1 Å². The number of hydrogen-bond donors (Lipinski definition) is 0. The largest absolute Gasteiger partial charge is 0.127 e. The van der Waals surface area contributed by atoms with Gasteiger partial charge in [-0.15, -0.1) is 11.6 Å². The minimum Gasteiger partial charge on any atom is -0.127 e. The molecule has 0 N–H and O–H groups in total. The first kappa shape index (κ1) is 8.51. The van der Waals surface area contributed by atoms with Crippen LogP contribution in [-0.4, -0.2) is 15.4 Å². The fourth-order valence-electron chi connectivity index (χ4n) is 0.698. The van der Waals surface area contributed by atoms with E-state index in [0.29, 0.717) is 9.52 Å². The van der Waals surface area contributed by atoms with Gasteiger partial charge in [0.25, 0.3) is 0 Å². The second-order valence-corrected chi connectivity index (χ2v) is 4.90. The van der Waals surface area contributed by atoms with E-state index in [1.54, 1.807) is 0 Å². The summed E-state index contributed by atoms with van der Waals surface area (Å²) < 4.78 is 0. The molecule has 0 aliphatic carbocycles. The zero-order valence-electron chi connectivity index (χ0n) is 5.62. The summed E-state index contributed by atoms with van der Waals surface area (Å²) in [4.78, 5) is 0. The molecule has 8 heavy (non-hydrogen) atoms. The molecule has 0 aliphatic rings. The van der Waals surface area contributed by atoms with Gasteiger partial charge in [0.2, 0.25) is 0 Å². The number of alkyl halides is 1. The van der Waals surface area contributed by atoms with E-state index in [2.05, 4.69) is 6.92 Å². The molecule has 0 rings (SSSR count). The average molecular weight is 151 g/mol. The molecule has 0 spiro atoms. The molecular weight excluding hydrogens is 136 g/mol. The van der Waals surface area contributed by atoms with Crippen molar-refractivity contribution in [2.75, 3.05) is 5.88 Å². The van der Waals surface area contributed by atoms with Crippen LogP contribution in [0.15, 0.2) is 0 Å². The van der Waals surface area contributed by atoms with Gasteiger partial charge in [-0.1, -0.05) is 25.4 Å². The quantitative estimate of drug-likeness (QED) is 0.320. The Hall–Kier alpha value is 0.507. The first-order valence-corrected chi connectivity index (χ1v) is 6.01. The molecule has 0 saturated heterocycles. The molecule has 50 valence electrons. The van der Waals surface area contributed by atoms with E-state index in [-0.39, 0.29) is 0 Å². The Morgan fingerprint density at radius 3 is 2.62 bits per heavy atom. The maximum atomic E-state index is 5.50. The number of halogens is 1. The summed E-state index contributed by atoms with van der Waals surface area (Å²) in [6.45, 7) is 2.28. The molecule has 0 radical (unpaired) electrons. The van der Waals surface area contributed by atoms with Gasteiger partial charge in [0.15, 0.2) is 0 Å². The monoisotopic (exact) mass is 150 g/mol. The van der Waals surface area contributed by atoms with Crippen LogP contribution in [0.5, 0.6) is 0 Å². The van der Waals surface area contributed by atoms with Gasteiger partial charge in [-0.25, -0.2) is 0 Å². The lowest BCUT2D eigenvalue weighted by atomic mass is 10.4. The van der Waals surface area contributed by atoms with Crippen LogP contribution < -0.4 is 0 Å². The van der Waals surface area contributed by atoms with Crippen molar-refractivity contribution in [2.24, 2.45) is 0 Å². The third-order valence-electron chi connectivity index (χ3n) is 1.24. The Kier molecular flexibility index (Phi) is 7.98. The minimum absolute atomic E-state index is 0.343. The van der Waals surface area contributed by atoms with Crippen LogP contribution >= 0.6 is 11.6 Å². The number of rotatable bonds is 5. The van der Waals surface area contributed by atoms with Crippen LogP contribution in [0.25, 0.3) is 0 Å². The first-order valence-electron chi connectivity index (χ1n) is 3.47. The molecule has 0 saturated carbocycles. The maximum absolute atomic E-state index is 5.50. The lowest BCUT2D eigenvalue weighted by molar-refractivity contribution is 0.884. The Morgan fingerprint density at radius 2 is 2.12 bits per heavy atom. The molecule has 0 heterocycles. The lowest BCUT2D eigenvalue weighted by Crippen LogP contribution is -1.85. The van der Waals surface area contributed by atoms with Gasteiger partial charge in [-0.2, -0.15) is 0 Å². The molecule has 0 amide bonds. The predicted molar refractivity (Wildman–Crippen MR) is 43.8 cm³/mol. The molecule has 0 aromatic rings. The maximum Gasteiger partial charge on any atom is 0.0223 e. The molecule has 0 fully saturated rings. The fraction of sp³-hybridized carbons (Fsp3) is 1.00. The standard InChI is InChI=1S/C6H15ClSi/c1-2-8-6-4-3-5-7/h2-6,8H2,1H3. The molecule has 0 atom stereocenters. The van der Waals surface area contributed by atoms with E-state index < -0.39 is 0 Å². The van der Waals surface area contributed by atoms with Gasteiger partial charge in [-0.3, -0.25) is 0 Å². The van der Waals surface area contributed by atoms with Crippen LogP contribution in [0.4, 0.5) is 0 Å². The summed E-state index contributed by atoms with van der Waals surface area (Å²) in [6, 6.07) is 2.96. The van der Waals surface area contributed by atoms with Gasteiger partial charge in [-0.05, 0) is 6.42 Å². The van der Waals surface area contributed by atoms with E-state index in [9.17, 15) is 0 Å². The lowest BCUT2D eigenvalue weighted by Gasteiger charge is -1.92. The second kappa shape index (κ2) is 7.51. The van der Waals surface area contributed by atoms with Crippen molar-refractivity contribution in [3.05, 3.63) is 0 Å². The van der Waals surface area contributed by atoms with E-state index in [0.717, 1.165) is 5.88 Å². The van der Waals surface area contributed by atoms with Gasteiger partial charge < -0.3 is 0 Å². The van der Waals surface area contributed by atoms with Gasteiger partial charge in [0.05, 0.1) is 0 Å². The van der Waals surface area contributed by atoms with Gasteiger partial charge >= 0.3 is 0 Å². The summed E-state index contributed by atoms with van der Waals surface area (Å²) >= 11 is 5.50. The van der Waals surface area contributed by atoms with Crippen LogP contribution in [0.2, 0.25) is 12.1 Å². The Balaban J connectivity index is 2.53. The average Bonchev–Trinajstić information content (AvgIpc) is 1.81. The Labute approximate surface area is 59.4 Å². The van der Waals surface area contributed by atoms with Crippen molar-refractivity contribution < 1.29 is 0 Å². The first-order chi connectivity index (χ1) is 3.91. The van der Waals surface area contributed by atoms with Gasteiger partial charge in [0, 0.05) is 15.4 Å². The molecule has 0 nitrogen and oxygen atoms in total. The van der Waals surface area contributed by atoms with Crippen molar-refractivity contribution in [3.8, 4) is 0 Å². The van der Waals surface area contributed by atoms with Crippen LogP contribution in [0.1, 0.15) is 19.8 Å². The van der Waals surface area contributed by atoms with Gasteiger partial charge in [0.1, 0.15) is 0 Å². The molecule has 0 bridgehead atoms. The summed E-state index contributed by atoms with van der Waals surface area (Å²) in [5, 5.41) is 0. The van der Waals surface area contributed by atoms with E-state index in [1.807, 2.05) is 0 Å². The van der Waals surface area contributed by atoms with Crippen molar-refractivity contribution in [2.45, 2.75) is 31.9 Å². The Bertz CT molecular complexity index is 33.5. The van der Waals surface area contributed by atoms with Crippen LogP contribution in [0, 0.1) is 0 Å². The number of unbranched alkanes of at least 4 members (excludes halogenated alkanes) is 1. The normalized spacial score (nSPS) is 11.2.